The van der Waals surface area contributed by atoms with E-state index in [4.69, 9.17) is 0 Å². The number of halogens is 9. The number of hydrogen-bond acceptors (Lipinski definition) is 3. The van der Waals surface area contributed by atoms with Gasteiger partial charge in [0, 0.05) is 31.9 Å². The minimum atomic E-state index is -5.40. The van der Waals surface area contributed by atoms with E-state index in [1.165, 1.54) is 6.07 Å². The molecule has 0 amide bonds. The zero-order valence-electron chi connectivity index (χ0n) is 19.7. The molecule has 1 aromatic carbocycles. The van der Waals surface area contributed by atoms with E-state index in [2.05, 4.69) is 0 Å². The summed E-state index contributed by atoms with van der Waals surface area (Å²) in [4.78, 5) is 4.39. The van der Waals surface area contributed by atoms with Crippen molar-refractivity contribution in [3.8, 4) is 0 Å². The third-order valence-corrected chi connectivity index (χ3v) is 7.79. The summed E-state index contributed by atoms with van der Waals surface area (Å²) in [5.74, 6) is 0. The molecule has 3 nitrogen and oxygen atoms in total. The second kappa shape index (κ2) is 9.89. The van der Waals surface area contributed by atoms with Crippen LogP contribution in [0.4, 0.5) is 45.2 Å². The molecule has 0 atom stereocenters. The Balaban J connectivity index is 1.43. The molecule has 1 spiro atoms. The minimum absolute atomic E-state index is 0.188. The van der Waals surface area contributed by atoms with Crippen molar-refractivity contribution in [2.75, 3.05) is 44.2 Å². The van der Waals surface area contributed by atoms with Crippen LogP contribution in [0.2, 0.25) is 0 Å². The molecule has 0 bridgehead atoms. The molecule has 36 heavy (non-hydrogen) atoms. The second-order valence-corrected chi connectivity index (χ2v) is 10.4. The Kier molecular flexibility index (Phi) is 7.51. The Labute approximate surface area is 204 Å². The van der Waals surface area contributed by atoms with E-state index in [-0.39, 0.29) is 32.5 Å². The van der Waals surface area contributed by atoms with Crippen LogP contribution in [-0.4, -0.2) is 67.5 Å². The van der Waals surface area contributed by atoms with Crippen molar-refractivity contribution >= 4 is 5.69 Å². The summed E-state index contributed by atoms with van der Waals surface area (Å²) in [5, 5.41) is 0. The van der Waals surface area contributed by atoms with Gasteiger partial charge in [0.15, 0.2) is 0 Å². The topological polar surface area (TPSA) is 9.72 Å². The van der Waals surface area contributed by atoms with Crippen molar-refractivity contribution in [1.29, 1.82) is 0 Å². The summed E-state index contributed by atoms with van der Waals surface area (Å²) in [6, 6.07) is 0.607. The van der Waals surface area contributed by atoms with E-state index in [1.54, 1.807) is 6.07 Å². The van der Waals surface area contributed by atoms with Crippen LogP contribution in [0.15, 0.2) is 18.2 Å². The fourth-order valence-corrected chi connectivity index (χ4v) is 5.95. The molecule has 204 valence electrons. The van der Waals surface area contributed by atoms with Crippen LogP contribution in [0.3, 0.4) is 0 Å². The number of benzene rings is 1. The van der Waals surface area contributed by atoms with Gasteiger partial charge in [0.2, 0.25) is 6.04 Å². The summed E-state index contributed by atoms with van der Waals surface area (Å²) in [6.45, 7) is 1.99. The Bertz CT molecular complexity index is 882. The van der Waals surface area contributed by atoms with Gasteiger partial charge >= 0.3 is 18.5 Å². The molecule has 0 saturated carbocycles. The van der Waals surface area contributed by atoms with Crippen LogP contribution in [0.1, 0.15) is 49.7 Å². The number of nitrogens with zero attached hydrogens (tertiary/aromatic N) is 3. The number of hydrogen-bond donors (Lipinski definition) is 0. The first-order chi connectivity index (χ1) is 16.7. The van der Waals surface area contributed by atoms with Gasteiger partial charge in [-0.2, -0.15) is 39.5 Å². The van der Waals surface area contributed by atoms with E-state index in [0.717, 1.165) is 25.3 Å². The number of anilines is 1. The van der Waals surface area contributed by atoms with Gasteiger partial charge in [-0.05, 0) is 87.3 Å². The molecule has 0 unspecified atom stereocenters. The van der Waals surface area contributed by atoms with Crippen molar-refractivity contribution in [1.82, 2.24) is 9.80 Å². The predicted octanol–water partition coefficient (Wildman–Crippen LogP) is 6.48. The molecule has 3 fully saturated rings. The molecule has 12 heteroatoms. The molecule has 3 aliphatic heterocycles. The SMILES string of the molecule is FC(F)(F)c1cc(CN2CCC3(CCN(C(C(F)(F)F)C(F)(F)F)CC3)C2)cc(N2CCCCC2)c1. The normalized spacial score (nSPS) is 22.7. The number of rotatable bonds is 4. The van der Waals surface area contributed by atoms with Crippen molar-refractivity contribution in [3.05, 3.63) is 29.3 Å². The molecule has 4 rings (SSSR count). The van der Waals surface area contributed by atoms with Gasteiger partial charge in [0.05, 0.1) is 5.56 Å². The Morgan fingerprint density at radius 3 is 1.86 bits per heavy atom. The monoisotopic (exact) mass is 531 g/mol. The third-order valence-electron chi connectivity index (χ3n) is 7.79. The maximum atomic E-state index is 13.6. The molecule has 3 heterocycles. The van der Waals surface area contributed by atoms with Gasteiger partial charge < -0.3 is 4.90 Å². The lowest BCUT2D eigenvalue weighted by atomic mass is 9.77. The highest BCUT2D eigenvalue weighted by molar-refractivity contribution is 5.52. The minimum Gasteiger partial charge on any atom is -0.372 e. The average molecular weight is 532 g/mol. The van der Waals surface area contributed by atoms with Crippen molar-refractivity contribution in [3.63, 3.8) is 0 Å². The van der Waals surface area contributed by atoms with Crippen molar-refractivity contribution in [2.24, 2.45) is 5.41 Å². The zero-order chi connectivity index (χ0) is 26.4. The second-order valence-electron chi connectivity index (χ2n) is 10.4. The van der Waals surface area contributed by atoms with Crippen LogP contribution < -0.4 is 4.90 Å². The highest BCUT2D eigenvalue weighted by Crippen LogP contribution is 2.45. The van der Waals surface area contributed by atoms with Gasteiger partial charge in [-0.1, -0.05) is 0 Å². The van der Waals surface area contributed by atoms with Crippen molar-refractivity contribution < 1.29 is 39.5 Å². The van der Waals surface area contributed by atoms with Gasteiger partial charge in [-0.25, -0.2) is 0 Å². The van der Waals surface area contributed by atoms with E-state index in [0.29, 0.717) is 48.8 Å². The summed E-state index contributed by atoms with van der Waals surface area (Å²) >= 11 is 0. The average Bonchev–Trinajstić information content (AvgIpc) is 3.15. The highest BCUT2D eigenvalue weighted by atomic mass is 19.4. The molecule has 0 aliphatic carbocycles. The van der Waals surface area contributed by atoms with Crippen LogP contribution in [0, 0.1) is 5.41 Å². The fraction of sp³-hybridized carbons (Fsp3) is 0.750. The van der Waals surface area contributed by atoms with Crippen LogP contribution in [0.25, 0.3) is 0 Å². The molecule has 3 aliphatic rings. The zero-order valence-corrected chi connectivity index (χ0v) is 19.7. The summed E-state index contributed by atoms with van der Waals surface area (Å²) in [5.41, 5.74) is -0.0930. The van der Waals surface area contributed by atoms with Crippen molar-refractivity contribution in [2.45, 2.75) is 69.6 Å². The number of piperidine rings is 2. The standard InChI is InChI=1S/C24H30F9N3/c25-22(26,27)18-12-17(13-19(14-18)35-7-2-1-3-8-35)15-34-9-4-21(16-34)5-10-36(11-6-21)20(23(28,29)30)24(31,32)33/h12-14,20H,1-11,15-16H2. The fourth-order valence-electron chi connectivity index (χ4n) is 5.95. The van der Waals surface area contributed by atoms with Crippen LogP contribution >= 0.6 is 0 Å². The van der Waals surface area contributed by atoms with E-state index >= 15 is 0 Å². The van der Waals surface area contributed by atoms with Gasteiger partial charge in [-0.3, -0.25) is 9.80 Å². The lowest BCUT2D eigenvalue weighted by Crippen LogP contribution is -2.58. The van der Waals surface area contributed by atoms with E-state index in [9.17, 15) is 39.5 Å². The molecular weight excluding hydrogens is 501 g/mol. The first-order valence-corrected chi connectivity index (χ1v) is 12.2. The van der Waals surface area contributed by atoms with Gasteiger partial charge in [-0.15, -0.1) is 0 Å². The summed E-state index contributed by atoms with van der Waals surface area (Å²) in [6.07, 6.45) is -11.4. The van der Waals surface area contributed by atoms with Crippen LogP contribution in [0.5, 0.6) is 0 Å². The third kappa shape index (κ3) is 6.23. The maximum absolute atomic E-state index is 13.6. The van der Waals surface area contributed by atoms with Crippen LogP contribution in [-0.2, 0) is 12.7 Å². The van der Waals surface area contributed by atoms with Gasteiger partial charge in [0.1, 0.15) is 0 Å². The molecular formula is C24H30F9N3. The predicted molar refractivity (Wildman–Crippen MR) is 117 cm³/mol. The number of likely N-dealkylation sites (tertiary alicyclic amines) is 2. The number of alkyl halides is 9. The quantitative estimate of drug-likeness (QED) is 0.412. The first-order valence-electron chi connectivity index (χ1n) is 12.2. The smallest absolute Gasteiger partial charge is 0.372 e. The Morgan fingerprint density at radius 1 is 0.722 bits per heavy atom. The molecule has 0 N–H and O–H groups in total. The van der Waals surface area contributed by atoms with E-state index < -0.39 is 35.5 Å². The Morgan fingerprint density at radius 2 is 1.31 bits per heavy atom. The molecule has 1 aromatic rings. The summed E-state index contributed by atoms with van der Waals surface area (Å²) in [7, 11) is 0. The maximum Gasteiger partial charge on any atom is 0.416 e. The Hall–Kier alpha value is -1.69. The lowest BCUT2D eigenvalue weighted by molar-refractivity contribution is -0.290. The molecule has 0 aromatic heterocycles. The highest BCUT2D eigenvalue weighted by Gasteiger charge is 2.60. The first kappa shape index (κ1) is 27.3. The molecule has 0 radical (unpaired) electrons. The van der Waals surface area contributed by atoms with E-state index in [1.807, 2.05) is 9.80 Å². The molecule has 3 saturated heterocycles. The lowest BCUT2D eigenvalue weighted by Gasteiger charge is -2.43. The van der Waals surface area contributed by atoms with Gasteiger partial charge in [0.25, 0.3) is 0 Å². The largest absolute Gasteiger partial charge is 0.416 e. The summed E-state index contributed by atoms with van der Waals surface area (Å²) < 4.78 is 119.